The van der Waals surface area contributed by atoms with E-state index in [0.717, 1.165) is 23.3 Å². The zero-order chi connectivity index (χ0) is 11.2. The van der Waals surface area contributed by atoms with Crippen molar-refractivity contribution in [2.24, 2.45) is 29.1 Å². The van der Waals surface area contributed by atoms with Crippen molar-refractivity contribution < 1.29 is 5.11 Å². The molecular formula is C14H24O. The summed E-state index contributed by atoms with van der Waals surface area (Å²) >= 11 is 0. The van der Waals surface area contributed by atoms with E-state index >= 15 is 0 Å². The maximum Gasteiger partial charge on any atom is 0.0639 e. The van der Waals surface area contributed by atoms with Gasteiger partial charge in [-0.3, -0.25) is 0 Å². The fourth-order valence-electron chi connectivity index (χ4n) is 3.83. The van der Waals surface area contributed by atoms with Crippen molar-refractivity contribution in [2.75, 3.05) is 6.61 Å². The van der Waals surface area contributed by atoms with E-state index in [4.69, 9.17) is 5.11 Å². The maximum absolute atomic E-state index is 9.06. The second-order valence-corrected chi connectivity index (χ2v) is 6.29. The van der Waals surface area contributed by atoms with Gasteiger partial charge in [-0.1, -0.05) is 32.4 Å². The van der Waals surface area contributed by atoms with Crippen LogP contribution in [0.3, 0.4) is 0 Å². The minimum absolute atomic E-state index is 0.224. The molecule has 0 radical (unpaired) electrons. The molecule has 0 spiro atoms. The molecule has 3 saturated carbocycles. The molecule has 0 aromatic rings. The molecule has 2 bridgehead atoms. The average molecular weight is 208 g/mol. The lowest BCUT2D eigenvalue weighted by molar-refractivity contribution is -0.118. The molecule has 86 valence electrons. The largest absolute Gasteiger partial charge is 0.392 e. The molecular weight excluding hydrogens is 184 g/mol. The Morgan fingerprint density at radius 1 is 1.40 bits per heavy atom. The minimum atomic E-state index is 0.224. The Labute approximate surface area is 93.6 Å². The molecule has 3 aliphatic carbocycles. The lowest BCUT2D eigenvalue weighted by atomic mass is 9.43. The van der Waals surface area contributed by atoms with Crippen molar-refractivity contribution in [3.05, 3.63) is 11.6 Å². The molecule has 4 atom stereocenters. The zero-order valence-electron chi connectivity index (χ0n) is 10.5. The normalized spacial score (nSPS) is 43.7. The van der Waals surface area contributed by atoms with E-state index in [1.54, 1.807) is 0 Å². The molecule has 1 heteroatoms. The quantitative estimate of drug-likeness (QED) is 0.691. The third-order valence-electron chi connectivity index (χ3n) is 5.16. The number of aliphatic hydroxyl groups excluding tert-OH is 1. The summed E-state index contributed by atoms with van der Waals surface area (Å²) in [5.74, 6) is 3.34. The van der Waals surface area contributed by atoms with Gasteiger partial charge in [-0.15, -0.1) is 0 Å². The summed E-state index contributed by atoms with van der Waals surface area (Å²) < 4.78 is 0. The lowest BCUT2D eigenvalue weighted by Gasteiger charge is -2.62. The van der Waals surface area contributed by atoms with Crippen LogP contribution >= 0.6 is 0 Å². The van der Waals surface area contributed by atoms with Gasteiger partial charge < -0.3 is 5.11 Å². The summed E-state index contributed by atoms with van der Waals surface area (Å²) in [4.78, 5) is 0. The SMILES string of the molecule is CC(=C[C@H]1C[C@H]2C[C@@H]([C@@H]1C)C2(C)C)CO. The highest BCUT2D eigenvalue weighted by Gasteiger charge is 2.55. The third-order valence-corrected chi connectivity index (χ3v) is 5.16. The van der Waals surface area contributed by atoms with Crippen LogP contribution < -0.4 is 0 Å². The minimum Gasteiger partial charge on any atom is -0.392 e. The zero-order valence-corrected chi connectivity index (χ0v) is 10.5. The van der Waals surface area contributed by atoms with Gasteiger partial charge in [0.25, 0.3) is 0 Å². The van der Waals surface area contributed by atoms with Crippen molar-refractivity contribution >= 4 is 0 Å². The molecule has 1 N–H and O–H groups in total. The van der Waals surface area contributed by atoms with Gasteiger partial charge in [0.15, 0.2) is 0 Å². The van der Waals surface area contributed by atoms with Crippen molar-refractivity contribution in [1.29, 1.82) is 0 Å². The second-order valence-electron chi connectivity index (χ2n) is 6.29. The van der Waals surface area contributed by atoms with Gasteiger partial charge in [0.05, 0.1) is 6.61 Å². The first-order chi connectivity index (χ1) is 6.96. The summed E-state index contributed by atoms with van der Waals surface area (Å²) in [6, 6.07) is 0. The number of allylic oxidation sites excluding steroid dienone is 1. The summed E-state index contributed by atoms with van der Waals surface area (Å²) in [7, 11) is 0. The molecule has 0 saturated heterocycles. The average Bonchev–Trinajstić information content (AvgIpc) is 2.19. The van der Waals surface area contributed by atoms with Gasteiger partial charge in [-0.05, 0) is 48.9 Å². The fraction of sp³-hybridized carbons (Fsp3) is 0.857. The van der Waals surface area contributed by atoms with Crippen LogP contribution in [0.4, 0.5) is 0 Å². The molecule has 1 nitrogen and oxygen atoms in total. The van der Waals surface area contributed by atoms with Crippen molar-refractivity contribution in [3.8, 4) is 0 Å². The van der Waals surface area contributed by atoms with Crippen LogP contribution in [0, 0.1) is 29.1 Å². The summed E-state index contributed by atoms with van der Waals surface area (Å²) in [5.41, 5.74) is 1.72. The Morgan fingerprint density at radius 2 is 2.07 bits per heavy atom. The Morgan fingerprint density at radius 3 is 2.53 bits per heavy atom. The molecule has 0 aromatic carbocycles. The lowest BCUT2D eigenvalue weighted by Crippen LogP contribution is -2.54. The van der Waals surface area contributed by atoms with Crippen LogP contribution in [0.25, 0.3) is 0 Å². The molecule has 0 heterocycles. The maximum atomic E-state index is 9.06. The smallest absolute Gasteiger partial charge is 0.0639 e. The third kappa shape index (κ3) is 1.65. The van der Waals surface area contributed by atoms with Gasteiger partial charge in [0.1, 0.15) is 0 Å². The molecule has 3 fully saturated rings. The van der Waals surface area contributed by atoms with Crippen molar-refractivity contribution in [1.82, 2.24) is 0 Å². The molecule has 15 heavy (non-hydrogen) atoms. The van der Waals surface area contributed by atoms with E-state index in [-0.39, 0.29) is 6.61 Å². The highest BCUT2D eigenvalue weighted by Crippen LogP contribution is 2.63. The molecule has 0 amide bonds. The Balaban J connectivity index is 2.09. The van der Waals surface area contributed by atoms with E-state index in [9.17, 15) is 0 Å². The molecule has 3 rings (SSSR count). The van der Waals surface area contributed by atoms with E-state index < -0.39 is 0 Å². The second kappa shape index (κ2) is 3.62. The van der Waals surface area contributed by atoms with Crippen LogP contribution in [0.5, 0.6) is 0 Å². The number of aliphatic hydroxyl groups is 1. The van der Waals surface area contributed by atoms with Crippen LogP contribution in [-0.2, 0) is 0 Å². The Bertz CT molecular complexity index is 277. The molecule has 3 aliphatic rings. The predicted octanol–water partition coefficient (Wildman–Crippen LogP) is 3.24. The van der Waals surface area contributed by atoms with E-state index in [2.05, 4.69) is 26.8 Å². The van der Waals surface area contributed by atoms with Crippen LogP contribution in [0.1, 0.15) is 40.5 Å². The predicted molar refractivity (Wildman–Crippen MR) is 63.5 cm³/mol. The summed E-state index contributed by atoms with van der Waals surface area (Å²) in [6.45, 7) is 9.52. The van der Waals surface area contributed by atoms with E-state index in [0.29, 0.717) is 11.3 Å². The van der Waals surface area contributed by atoms with Crippen LogP contribution in [-0.4, -0.2) is 11.7 Å². The summed E-state index contributed by atoms with van der Waals surface area (Å²) in [6.07, 6.45) is 5.09. The summed E-state index contributed by atoms with van der Waals surface area (Å²) in [5, 5.41) is 9.06. The van der Waals surface area contributed by atoms with E-state index in [1.165, 1.54) is 12.8 Å². The number of hydrogen-bond donors (Lipinski definition) is 1. The van der Waals surface area contributed by atoms with Gasteiger partial charge in [0.2, 0.25) is 0 Å². The van der Waals surface area contributed by atoms with Gasteiger partial charge >= 0.3 is 0 Å². The molecule has 0 aliphatic heterocycles. The highest BCUT2D eigenvalue weighted by molar-refractivity contribution is 5.12. The molecule has 0 aromatic heterocycles. The van der Waals surface area contributed by atoms with E-state index in [1.807, 2.05) is 6.92 Å². The molecule has 0 unspecified atom stereocenters. The number of rotatable bonds is 2. The van der Waals surface area contributed by atoms with Crippen molar-refractivity contribution in [2.45, 2.75) is 40.5 Å². The monoisotopic (exact) mass is 208 g/mol. The number of hydrogen-bond acceptors (Lipinski definition) is 1. The highest BCUT2D eigenvalue weighted by atomic mass is 16.3. The van der Waals surface area contributed by atoms with Crippen LogP contribution in [0.2, 0.25) is 0 Å². The first kappa shape index (κ1) is 11.2. The number of fused-ring (bicyclic) bond motifs is 2. The standard InChI is InChI=1S/C14H24O/c1-9(8-15)5-11-6-12-7-13(10(11)2)14(12,3)4/h5,10-13,15H,6-8H2,1-4H3/t10-,11+,12+,13+/m1/s1. The Kier molecular flexibility index (Phi) is 2.70. The first-order valence-electron chi connectivity index (χ1n) is 6.25. The first-order valence-corrected chi connectivity index (χ1v) is 6.25. The van der Waals surface area contributed by atoms with Crippen molar-refractivity contribution in [3.63, 3.8) is 0 Å². The van der Waals surface area contributed by atoms with Crippen LogP contribution in [0.15, 0.2) is 11.6 Å². The fourth-order valence-corrected chi connectivity index (χ4v) is 3.83. The topological polar surface area (TPSA) is 20.2 Å². The van der Waals surface area contributed by atoms with Gasteiger partial charge in [0, 0.05) is 0 Å². The van der Waals surface area contributed by atoms with Gasteiger partial charge in [-0.2, -0.15) is 0 Å². The van der Waals surface area contributed by atoms with Gasteiger partial charge in [-0.25, -0.2) is 0 Å². The Hall–Kier alpha value is -0.300.